The lowest BCUT2D eigenvalue weighted by molar-refractivity contribution is 0.198. The third kappa shape index (κ3) is 5.44. The third-order valence-electron chi connectivity index (χ3n) is 4.27. The van der Waals surface area contributed by atoms with Crippen LogP contribution in [-0.2, 0) is 4.74 Å². The van der Waals surface area contributed by atoms with E-state index < -0.39 is 0 Å². The number of nitrogens with one attached hydrogen (secondary N) is 2. The number of methoxy groups -OCH3 is 1. The molecular formula is C22H27N5O. The van der Waals surface area contributed by atoms with Crippen LogP contribution in [0.25, 0.3) is 11.3 Å². The number of benzene rings is 2. The van der Waals surface area contributed by atoms with E-state index in [9.17, 15) is 0 Å². The highest BCUT2D eigenvalue weighted by molar-refractivity contribution is 5.66. The molecule has 0 saturated heterocycles. The van der Waals surface area contributed by atoms with Gasteiger partial charge in [0.2, 0.25) is 5.95 Å². The molecule has 1 heterocycles. The van der Waals surface area contributed by atoms with Crippen molar-refractivity contribution < 1.29 is 4.74 Å². The van der Waals surface area contributed by atoms with Gasteiger partial charge in [0.1, 0.15) is 5.82 Å². The first-order chi connectivity index (χ1) is 13.7. The summed E-state index contributed by atoms with van der Waals surface area (Å²) in [5, 5.41) is 6.68. The fourth-order valence-electron chi connectivity index (χ4n) is 2.76. The van der Waals surface area contributed by atoms with E-state index in [1.54, 1.807) is 7.11 Å². The Hall–Kier alpha value is -3.12. The van der Waals surface area contributed by atoms with Crippen molar-refractivity contribution in [3.05, 3.63) is 60.7 Å². The Labute approximate surface area is 166 Å². The molecule has 0 bridgehead atoms. The quantitative estimate of drug-likeness (QED) is 0.539. The summed E-state index contributed by atoms with van der Waals surface area (Å²) >= 11 is 0. The van der Waals surface area contributed by atoms with Gasteiger partial charge in [0.05, 0.1) is 5.69 Å². The molecule has 28 heavy (non-hydrogen) atoms. The average molecular weight is 377 g/mol. The average Bonchev–Trinajstić information content (AvgIpc) is 2.72. The molecule has 1 aromatic heterocycles. The molecule has 0 radical (unpaired) electrons. The minimum atomic E-state index is 0.563. The minimum absolute atomic E-state index is 0.563. The Bertz CT molecular complexity index is 866. The second-order valence-corrected chi connectivity index (χ2v) is 6.67. The van der Waals surface area contributed by atoms with Crippen molar-refractivity contribution in [2.24, 2.45) is 0 Å². The number of ether oxygens (including phenoxy) is 1. The third-order valence-corrected chi connectivity index (χ3v) is 4.27. The van der Waals surface area contributed by atoms with Crippen molar-refractivity contribution in [3.63, 3.8) is 0 Å². The van der Waals surface area contributed by atoms with Gasteiger partial charge in [-0.05, 0) is 30.7 Å². The molecule has 0 atom stereocenters. The maximum absolute atomic E-state index is 5.11. The van der Waals surface area contributed by atoms with Crippen LogP contribution in [0.2, 0.25) is 0 Å². The van der Waals surface area contributed by atoms with Gasteiger partial charge >= 0.3 is 0 Å². The normalized spacial score (nSPS) is 10.5. The molecule has 0 aliphatic rings. The van der Waals surface area contributed by atoms with Crippen LogP contribution in [-0.4, -0.2) is 44.3 Å². The van der Waals surface area contributed by atoms with Gasteiger partial charge in [-0.2, -0.15) is 4.98 Å². The van der Waals surface area contributed by atoms with Crippen molar-refractivity contribution in [3.8, 4) is 11.3 Å². The molecule has 0 aliphatic heterocycles. The predicted octanol–water partition coefficient (Wildman–Crippen LogP) is 4.40. The Morgan fingerprint density at radius 2 is 1.71 bits per heavy atom. The zero-order valence-electron chi connectivity index (χ0n) is 16.6. The van der Waals surface area contributed by atoms with E-state index in [1.165, 1.54) is 0 Å². The van der Waals surface area contributed by atoms with E-state index in [-0.39, 0.29) is 0 Å². The fourth-order valence-corrected chi connectivity index (χ4v) is 2.76. The van der Waals surface area contributed by atoms with Crippen LogP contribution < -0.4 is 15.5 Å². The topological polar surface area (TPSA) is 62.3 Å². The molecule has 0 spiro atoms. The molecule has 0 amide bonds. The van der Waals surface area contributed by atoms with Crippen LogP contribution in [0.4, 0.5) is 23.1 Å². The van der Waals surface area contributed by atoms with Crippen LogP contribution in [0.3, 0.4) is 0 Å². The van der Waals surface area contributed by atoms with Crippen molar-refractivity contribution in [1.82, 2.24) is 9.97 Å². The Morgan fingerprint density at radius 1 is 0.964 bits per heavy atom. The van der Waals surface area contributed by atoms with E-state index >= 15 is 0 Å². The van der Waals surface area contributed by atoms with Crippen molar-refractivity contribution in [2.75, 3.05) is 49.9 Å². The molecule has 6 nitrogen and oxygen atoms in total. The summed E-state index contributed by atoms with van der Waals surface area (Å²) in [5.41, 5.74) is 4.01. The SMILES string of the molecule is COCCCNc1cc(-c2ccccc2)nc(Nc2ccc(N(C)C)cc2)n1. The second kappa shape index (κ2) is 9.71. The van der Waals surface area contributed by atoms with Gasteiger partial charge in [-0.15, -0.1) is 0 Å². The van der Waals surface area contributed by atoms with Gasteiger partial charge in [-0.25, -0.2) is 4.98 Å². The number of hydrogen-bond acceptors (Lipinski definition) is 6. The summed E-state index contributed by atoms with van der Waals surface area (Å²) in [5.74, 6) is 1.35. The monoisotopic (exact) mass is 377 g/mol. The van der Waals surface area contributed by atoms with E-state index in [2.05, 4.69) is 32.7 Å². The lowest BCUT2D eigenvalue weighted by Crippen LogP contribution is -2.09. The van der Waals surface area contributed by atoms with Gasteiger partial charge in [-0.1, -0.05) is 30.3 Å². The highest BCUT2D eigenvalue weighted by Crippen LogP contribution is 2.24. The van der Waals surface area contributed by atoms with Crippen molar-refractivity contribution in [1.29, 1.82) is 0 Å². The van der Waals surface area contributed by atoms with Crippen molar-refractivity contribution in [2.45, 2.75) is 6.42 Å². The Morgan fingerprint density at radius 3 is 2.39 bits per heavy atom. The summed E-state index contributed by atoms with van der Waals surface area (Å²) in [6.45, 7) is 1.50. The largest absolute Gasteiger partial charge is 0.385 e. The number of aromatic nitrogens is 2. The molecule has 0 fully saturated rings. The molecule has 146 valence electrons. The molecule has 0 unspecified atom stereocenters. The molecule has 3 rings (SSSR count). The summed E-state index contributed by atoms with van der Waals surface area (Å²) in [7, 11) is 5.76. The molecule has 3 aromatic rings. The standard InChI is InChI=1S/C22H27N5O/c1-27(2)19-12-10-18(11-13-19)24-22-25-20(17-8-5-4-6-9-17)16-21(26-22)23-14-7-15-28-3/h4-6,8-13,16H,7,14-15H2,1-3H3,(H2,23,24,25,26). The number of hydrogen-bond donors (Lipinski definition) is 2. The van der Waals surface area contributed by atoms with Gasteiger partial charge in [0, 0.05) is 57.4 Å². The van der Waals surface area contributed by atoms with E-state index in [0.29, 0.717) is 12.6 Å². The van der Waals surface area contributed by atoms with Gasteiger partial charge in [0.25, 0.3) is 0 Å². The molecule has 6 heteroatoms. The summed E-state index contributed by atoms with van der Waals surface area (Å²) < 4.78 is 5.11. The second-order valence-electron chi connectivity index (χ2n) is 6.67. The van der Waals surface area contributed by atoms with Gasteiger partial charge in [0.15, 0.2) is 0 Å². The van der Waals surface area contributed by atoms with E-state index in [4.69, 9.17) is 9.72 Å². The van der Waals surface area contributed by atoms with Crippen molar-refractivity contribution >= 4 is 23.1 Å². The highest BCUT2D eigenvalue weighted by Gasteiger charge is 2.07. The van der Waals surface area contributed by atoms with Crippen LogP contribution in [0, 0.1) is 0 Å². The molecule has 2 N–H and O–H groups in total. The van der Waals surface area contributed by atoms with E-state index in [1.807, 2.05) is 62.6 Å². The first-order valence-electron chi connectivity index (χ1n) is 9.37. The zero-order chi connectivity index (χ0) is 19.8. The minimum Gasteiger partial charge on any atom is -0.385 e. The van der Waals surface area contributed by atoms with Crippen LogP contribution in [0.15, 0.2) is 60.7 Å². The molecule has 0 aliphatic carbocycles. The number of nitrogens with zero attached hydrogens (tertiary/aromatic N) is 3. The highest BCUT2D eigenvalue weighted by atomic mass is 16.5. The van der Waals surface area contributed by atoms with Crippen LogP contribution >= 0.6 is 0 Å². The smallest absolute Gasteiger partial charge is 0.229 e. The number of rotatable bonds is 9. The van der Waals surface area contributed by atoms with E-state index in [0.717, 1.165) is 41.4 Å². The van der Waals surface area contributed by atoms with Crippen LogP contribution in [0.5, 0.6) is 0 Å². The fraction of sp³-hybridized carbons (Fsp3) is 0.273. The number of anilines is 4. The first kappa shape index (κ1) is 19.6. The lowest BCUT2D eigenvalue weighted by Gasteiger charge is -2.14. The summed E-state index contributed by atoms with van der Waals surface area (Å²) in [6.07, 6.45) is 0.913. The van der Waals surface area contributed by atoms with Gasteiger partial charge < -0.3 is 20.3 Å². The molecule has 0 saturated carbocycles. The predicted molar refractivity (Wildman–Crippen MR) is 117 cm³/mol. The Kier molecular flexibility index (Phi) is 6.81. The maximum Gasteiger partial charge on any atom is 0.229 e. The maximum atomic E-state index is 5.11. The summed E-state index contributed by atoms with van der Waals surface area (Å²) in [4.78, 5) is 11.4. The molecular weight excluding hydrogens is 350 g/mol. The molecule has 2 aromatic carbocycles. The Balaban J connectivity index is 1.83. The lowest BCUT2D eigenvalue weighted by atomic mass is 10.1. The first-order valence-corrected chi connectivity index (χ1v) is 9.37. The summed E-state index contributed by atoms with van der Waals surface area (Å²) in [6, 6.07) is 20.3. The van der Waals surface area contributed by atoms with Crippen LogP contribution in [0.1, 0.15) is 6.42 Å². The van der Waals surface area contributed by atoms with Gasteiger partial charge in [-0.3, -0.25) is 0 Å². The zero-order valence-corrected chi connectivity index (χ0v) is 16.6.